The van der Waals surface area contributed by atoms with Gasteiger partial charge in [-0.3, -0.25) is 4.90 Å². The first-order valence-corrected chi connectivity index (χ1v) is 15.2. The highest BCUT2D eigenvalue weighted by Crippen LogP contribution is 2.39. The van der Waals surface area contributed by atoms with Crippen molar-refractivity contribution >= 4 is 51.0 Å². The second-order valence-corrected chi connectivity index (χ2v) is 12.1. The van der Waals surface area contributed by atoms with E-state index in [0.29, 0.717) is 28.9 Å². The number of piperazine rings is 1. The van der Waals surface area contributed by atoms with Gasteiger partial charge in [-0.2, -0.15) is 0 Å². The maximum absolute atomic E-state index is 6.45. The van der Waals surface area contributed by atoms with Crippen LogP contribution < -0.4 is 11.1 Å². The number of halogens is 1. The van der Waals surface area contributed by atoms with Crippen molar-refractivity contribution in [2.45, 2.75) is 44.7 Å². The number of fused-ring (bicyclic) bond motifs is 2. The van der Waals surface area contributed by atoms with Gasteiger partial charge in [-0.15, -0.1) is 0 Å². The lowest BCUT2D eigenvalue weighted by Crippen LogP contribution is -2.49. The van der Waals surface area contributed by atoms with Crippen molar-refractivity contribution in [1.29, 1.82) is 0 Å². The average molecular weight is 582 g/mol. The number of likely N-dealkylation sites (N-methyl/N-ethyl adjacent to an activating group) is 1. The van der Waals surface area contributed by atoms with Crippen LogP contribution in [-0.2, 0) is 0 Å². The molecule has 3 N–H and O–H groups in total. The normalized spacial score (nSPS) is 20.4. The highest BCUT2D eigenvalue weighted by molar-refractivity contribution is 6.36. The molecule has 1 saturated carbocycles. The summed E-state index contributed by atoms with van der Waals surface area (Å²) in [4.78, 5) is 23.3. The number of benzene rings is 2. The summed E-state index contributed by atoms with van der Waals surface area (Å²) in [6, 6.07) is 13.3. The standard InChI is InChI=1S/C32H36ClN9/c1-20-3-12-27-25(29(20)33)17-35-32(39-27)38-22-6-4-21(5-7-22)26-18-42(31-28(26)30(34)36-19-37-31)24-10-8-23(9-11-24)41-15-13-40(2)14-16-41/h3-7,12,17-19,23-24H,8-11,13-16H2,1-2H3,(H2,34,36,37)(H,35,38,39). The van der Waals surface area contributed by atoms with Gasteiger partial charge in [0.05, 0.1) is 15.9 Å². The first-order chi connectivity index (χ1) is 20.4. The molecule has 4 heterocycles. The Labute approximate surface area is 250 Å². The summed E-state index contributed by atoms with van der Waals surface area (Å²) in [5.41, 5.74) is 12.2. The number of nitrogen functional groups attached to an aromatic ring is 1. The molecule has 0 spiro atoms. The largest absolute Gasteiger partial charge is 0.383 e. The predicted molar refractivity (Wildman–Crippen MR) is 170 cm³/mol. The molecular weight excluding hydrogens is 546 g/mol. The van der Waals surface area contributed by atoms with Gasteiger partial charge in [0.25, 0.3) is 0 Å². The zero-order valence-corrected chi connectivity index (χ0v) is 24.8. The van der Waals surface area contributed by atoms with Crippen LogP contribution >= 0.6 is 11.6 Å². The molecule has 42 heavy (non-hydrogen) atoms. The van der Waals surface area contributed by atoms with Gasteiger partial charge in [-0.05, 0) is 69.0 Å². The number of anilines is 3. The maximum atomic E-state index is 6.45. The summed E-state index contributed by atoms with van der Waals surface area (Å²) in [7, 11) is 2.22. The fourth-order valence-electron chi connectivity index (χ4n) is 6.60. The minimum absolute atomic E-state index is 0.405. The third-order valence-electron chi connectivity index (χ3n) is 9.10. The molecule has 0 unspecified atom stereocenters. The third-order valence-corrected chi connectivity index (χ3v) is 9.60. The summed E-state index contributed by atoms with van der Waals surface area (Å²) < 4.78 is 2.35. The van der Waals surface area contributed by atoms with Gasteiger partial charge in [0.15, 0.2) is 0 Å². The SMILES string of the molecule is Cc1ccc2nc(Nc3ccc(-c4cn(C5CCC(N6CCN(C)CC6)CC5)c5ncnc(N)c45)cc3)ncc2c1Cl. The Kier molecular flexibility index (Phi) is 7.17. The Morgan fingerprint density at radius 3 is 2.40 bits per heavy atom. The smallest absolute Gasteiger partial charge is 0.227 e. The number of hydrogen-bond donors (Lipinski definition) is 2. The summed E-state index contributed by atoms with van der Waals surface area (Å²) in [6.07, 6.45) is 10.3. The fourth-order valence-corrected chi connectivity index (χ4v) is 6.81. The van der Waals surface area contributed by atoms with E-state index in [0.717, 1.165) is 57.2 Å². The minimum atomic E-state index is 0.405. The number of rotatable bonds is 5. The van der Waals surface area contributed by atoms with E-state index in [1.54, 1.807) is 12.5 Å². The molecule has 0 amide bonds. The number of nitrogens with two attached hydrogens (primary N) is 1. The molecule has 3 aromatic heterocycles. The summed E-state index contributed by atoms with van der Waals surface area (Å²) in [5.74, 6) is 1.04. The van der Waals surface area contributed by atoms with Crippen LogP contribution in [0.1, 0.15) is 37.3 Å². The number of aryl methyl sites for hydroxylation is 1. The molecule has 9 nitrogen and oxygen atoms in total. The molecular formula is C32H36ClN9. The lowest BCUT2D eigenvalue weighted by Gasteiger charge is -2.41. The van der Waals surface area contributed by atoms with E-state index in [1.165, 1.54) is 39.0 Å². The molecule has 5 aromatic rings. The Morgan fingerprint density at radius 1 is 0.905 bits per heavy atom. The van der Waals surface area contributed by atoms with Crippen molar-refractivity contribution in [1.82, 2.24) is 34.3 Å². The van der Waals surface area contributed by atoms with Gasteiger partial charge >= 0.3 is 0 Å². The quantitative estimate of drug-likeness (QED) is 0.258. The van der Waals surface area contributed by atoms with Gasteiger partial charge in [0.2, 0.25) is 5.95 Å². The van der Waals surface area contributed by atoms with Crippen molar-refractivity contribution in [2.24, 2.45) is 0 Å². The third kappa shape index (κ3) is 5.06. The molecule has 1 aliphatic carbocycles. The molecule has 1 saturated heterocycles. The zero-order valence-electron chi connectivity index (χ0n) is 24.1. The molecule has 2 fully saturated rings. The molecule has 0 atom stereocenters. The van der Waals surface area contributed by atoms with Crippen molar-refractivity contribution in [2.75, 3.05) is 44.3 Å². The topological polar surface area (TPSA) is 101 Å². The molecule has 10 heteroatoms. The highest BCUT2D eigenvalue weighted by Gasteiger charge is 2.30. The minimum Gasteiger partial charge on any atom is -0.383 e. The van der Waals surface area contributed by atoms with E-state index in [2.05, 4.69) is 60.0 Å². The van der Waals surface area contributed by atoms with Gasteiger partial charge in [-0.1, -0.05) is 29.8 Å². The summed E-state index contributed by atoms with van der Waals surface area (Å²) in [5, 5.41) is 5.78. The van der Waals surface area contributed by atoms with Crippen LogP contribution in [0.4, 0.5) is 17.5 Å². The summed E-state index contributed by atoms with van der Waals surface area (Å²) >= 11 is 6.44. The van der Waals surface area contributed by atoms with E-state index in [9.17, 15) is 0 Å². The maximum Gasteiger partial charge on any atom is 0.227 e. The van der Waals surface area contributed by atoms with E-state index < -0.39 is 0 Å². The first-order valence-electron chi connectivity index (χ1n) is 14.8. The van der Waals surface area contributed by atoms with Crippen molar-refractivity contribution in [3.63, 3.8) is 0 Å². The van der Waals surface area contributed by atoms with E-state index in [1.807, 2.05) is 31.2 Å². The van der Waals surface area contributed by atoms with Crippen LogP contribution in [0.5, 0.6) is 0 Å². The molecule has 2 aliphatic rings. The van der Waals surface area contributed by atoms with Gasteiger partial charge < -0.3 is 20.5 Å². The predicted octanol–water partition coefficient (Wildman–Crippen LogP) is 6.06. The Balaban J connectivity index is 1.12. The van der Waals surface area contributed by atoms with Crippen LogP contribution in [0.15, 0.2) is 55.1 Å². The number of nitrogens with zero attached hydrogens (tertiary/aromatic N) is 7. The molecule has 216 valence electrons. The van der Waals surface area contributed by atoms with Crippen LogP contribution in [-0.4, -0.2) is 73.6 Å². The lowest BCUT2D eigenvalue weighted by atomic mass is 9.89. The highest BCUT2D eigenvalue weighted by atomic mass is 35.5. The lowest BCUT2D eigenvalue weighted by molar-refractivity contribution is 0.0828. The van der Waals surface area contributed by atoms with Crippen LogP contribution in [0.2, 0.25) is 5.02 Å². The molecule has 7 rings (SSSR count). The van der Waals surface area contributed by atoms with E-state index in [4.69, 9.17) is 22.3 Å². The fraction of sp³-hybridized carbons (Fsp3) is 0.375. The van der Waals surface area contributed by atoms with Gasteiger partial charge in [0, 0.05) is 67.3 Å². The zero-order chi connectivity index (χ0) is 28.8. The summed E-state index contributed by atoms with van der Waals surface area (Å²) in [6.45, 7) is 6.67. The monoisotopic (exact) mass is 581 g/mol. The van der Waals surface area contributed by atoms with Crippen LogP contribution in [0.25, 0.3) is 33.1 Å². The van der Waals surface area contributed by atoms with E-state index >= 15 is 0 Å². The Morgan fingerprint density at radius 2 is 1.64 bits per heavy atom. The first kappa shape index (κ1) is 27.1. The van der Waals surface area contributed by atoms with Crippen molar-refractivity contribution in [3.05, 3.63) is 65.7 Å². The van der Waals surface area contributed by atoms with E-state index in [-0.39, 0.29) is 0 Å². The molecule has 1 aliphatic heterocycles. The van der Waals surface area contributed by atoms with Crippen LogP contribution in [0, 0.1) is 6.92 Å². The molecule has 0 radical (unpaired) electrons. The number of hydrogen-bond acceptors (Lipinski definition) is 8. The molecule has 0 bridgehead atoms. The van der Waals surface area contributed by atoms with Gasteiger partial charge in [0.1, 0.15) is 17.8 Å². The Hall–Kier alpha value is -3.79. The number of nitrogens with one attached hydrogen (secondary N) is 1. The Bertz CT molecular complexity index is 1730. The van der Waals surface area contributed by atoms with Gasteiger partial charge in [-0.25, -0.2) is 19.9 Å². The van der Waals surface area contributed by atoms with Crippen molar-refractivity contribution < 1.29 is 0 Å². The van der Waals surface area contributed by atoms with Crippen LogP contribution in [0.3, 0.4) is 0 Å². The molecule has 2 aromatic carbocycles. The second kappa shape index (κ2) is 11.1. The number of aromatic nitrogens is 5. The average Bonchev–Trinajstić information content (AvgIpc) is 3.41. The second-order valence-electron chi connectivity index (χ2n) is 11.7. The van der Waals surface area contributed by atoms with Crippen molar-refractivity contribution in [3.8, 4) is 11.1 Å².